The molecular weight excluding hydrogens is 374 g/mol. The van der Waals surface area contributed by atoms with E-state index < -0.39 is 0 Å². The Labute approximate surface area is 179 Å². The van der Waals surface area contributed by atoms with E-state index in [0.717, 1.165) is 0 Å². The minimum Gasteiger partial charge on any atom is -0.354 e. The maximum atomic E-state index is 3.78. The van der Waals surface area contributed by atoms with Crippen molar-refractivity contribution in [2.24, 2.45) is 0 Å². The van der Waals surface area contributed by atoms with Crippen molar-refractivity contribution >= 4 is 54.1 Å². The lowest BCUT2D eigenvalue weighted by molar-refractivity contribution is 1.57. The normalized spacial score (nSPS) is 11.9. The summed E-state index contributed by atoms with van der Waals surface area (Å²) in [5, 5.41) is 10.4. The Kier molecular flexibility index (Phi) is 3.33. The number of benzene rings is 6. The van der Waals surface area contributed by atoms with Crippen LogP contribution in [0, 0.1) is 0 Å². The first kappa shape index (κ1) is 16.7. The van der Waals surface area contributed by atoms with E-state index in [9.17, 15) is 0 Å². The van der Waals surface area contributed by atoms with Crippen molar-refractivity contribution in [1.29, 1.82) is 0 Å². The molecule has 0 aliphatic carbocycles. The van der Waals surface area contributed by atoms with Gasteiger partial charge in [0.15, 0.2) is 0 Å². The molecule has 6 aromatic carbocycles. The lowest BCUT2D eigenvalue weighted by atomic mass is 9.88. The molecule has 1 N–H and O–H groups in total. The molecule has 1 heteroatoms. The van der Waals surface area contributed by atoms with Crippen LogP contribution >= 0.6 is 0 Å². The minimum atomic E-state index is 1.18. The van der Waals surface area contributed by atoms with E-state index >= 15 is 0 Å². The summed E-state index contributed by atoms with van der Waals surface area (Å²) in [5.74, 6) is 0. The molecule has 0 bridgehead atoms. The van der Waals surface area contributed by atoms with Gasteiger partial charge in [0.05, 0.1) is 5.52 Å². The summed E-state index contributed by atoms with van der Waals surface area (Å²) >= 11 is 0. The predicted molar refractivity (Wildman–Crippen MR) is 134 cm³/mol. The highest BCUT2D eigenvalue weighted by Crippen LogP contribution is 2.45. The van der Waals surface area contributed by atoms with Crippen LogP contribution in [0.4, 0.5) is 0 Å². The van der Waals surface area contributed by atoms with Crippen molar-refractivity contribution in [3.8, 4) is 11.1 Å². The zero-order valence-corrected chi connectivity index (χ0v) is 16.9. The van der Waals surface area contributed by atoms with Gasteiger partial charge >= 0.3 is 0 Å². The molecule has 0 amide bonds. The first-order valence-electron chi connectivity index (χ1n) is 10.7. The maximum Gasteiger partial charge on any atom is 0.0557 e. The molecule has 0 unspecified atom stereocenters. The quantitative estimate of drug-likeness (QED) is 0.269. The molecule has 31 heavy (non-hydrogen) atoms. The number of hydrogen-bond acceptors (Lipinski definition) is 0. The van der Waals surface area contributed by atoms with Gasteiger partial charge in [-0.05, 0) is 44.8 Å². The smallest absolute Gasteiger partial charge is 0.0557 e. The molecule has 0 aliphatic heterocycles. The summed E-state index contributed by atoms with van der Waals surface area (Å²) < 4.78 is 0. The Morgan fingerprint density at radius 2 is 1.06 bits per heavy atom. The van der Waals surface area contributed by atoms with Gasteiger partial charge in [-0.25, -0.2) is 0 Å². The van der Waals surface area contributed by atoms with Crippen LogP contribution in [0.15, 0.2) is 109 Å². The van der Waals surface area contributed by atoms with Crippen LogP contribution in [-0.4, -0.2) is 4.98 Å². The first-order chi connectivity index (χ1) is 15.4. The standard InChI is InChI=1S/C30H19N/c1-2-10-19(11-3-1)25-18-20-12-4-5-13-21(20)29-27(25)22-14-6-7-15-23(22)28-24-16-8-9-17-26(24)31-30(28)29/h1-18,31H. The second-order valence-corrected chi connectivity index (χ2v) is 8.23. The number of para-hydroxylation sites is 1. The average molecular weight is 393 g/mol. The van der Waals surface area contributed by atoms with Crippen molar-refractivity contribution in [1.82, 2.24) is 4.98 Å². The predicted octanol–water partition coefficient (Wildman–Crippen LogP) is 8.45. The summed E-state index contributed by atoms with van der Waals surface area (Å²) in [7, 11) is 0. The van der Waals surface area contributed by atoms with Crippen LogP contribution in [0.25, 0.3) is 65.3 Å². The van der Waals surface area contributed by atoms with Crippen molar-refractivity contribution in [2.75, 3.05) is 0 Å². The zero-order valence-electron chi connectivity index (χ0n) is 16.9. The van der Waals surface area contributed by atoms with Crippen LogP contribution < -0.4 is 0 Å². The SMILES string of the molecule is c1ccc(-c2cc3ccccc3c3c4[nH]c5ccccc5c4c4ccccc4c23)cc1. The van der Waals surface area contributed by atoms with Gasteiger partial charge in [-0.1, -0.05) is 97.1 Å². The fraction of sp³-hybridized carbons (Fsp3) is 0. The van der Waals surface area contributed by atoms with Gasteiger partial charge in [0.25, 0.3) is 0 Å². The molecule has 1 heterocycles. The highest BCUT2D eigenvalue weighted by molar-refractivity contribution is 6.37. The Morgan fingerprint density at radius 1 is 0.452 bits per heavy atom. The summed E-state index contributed by atoms with van der Waals surface area (Å²) in [6.07, 6.45) is 0. The molecule has 0 radical (unpaired) electrons. The second-order valence-electron chi connectivity index (χ2n) is 8.23. The summed E-state index contributed by atoms with van der Waals surface area (Å²) in [5.41, 5.74) is 4.94. The van der Waals surface area contributed by atoms with Crippen molar-refractivity contribution in [3.05, 3.63) is 109 Å². The van der Waals surface area contributed by atoms with E-state index in [1.165, 1.54) is 65.3 Å². The molecule has 0 saturated carbocycles. The van der Waals surface area contributed by atoms with Crippen molar-refractivity contribution in [3.63, 3.8) is 0 Å². The lowest BCUT2D eigenvalue weighted by Crippen LogP contribution is -1.88. The van der Waals surface area contributed by atoms with Gasteiger partial charge in [0, 0.05) is 27.1 Å². The molecule has 0 aliphatic rings. The number of fused-ring (bicyclic) bond motifs is 10. The van der Waals surface area contributed by atoms with Gasteiger partial charge in [-0.2, -0.15) is 0 Å². The highest BCUT2D eigenvalue weighted by atomic mass is 14.7. The molecular formula is C30H19N. The third-order valence-electron chi connectivity index (χ3n) is 6.56. The number of rotatable bonds is 1. The van der Waals surface area contributed by atoms with E-state index in [4.69, 9.17) is 0 Å². The fourth-order valence-electron chi connectivity index (χ4n) is 5.26. The topological polar surface area (TPSA) is 15.8 Å². The largest absolute Gasteiger partial charge is 0.354 e. The van der Waals surface area contributed by atoms with E-state index in [-0.39, 0.29) is 0 Å². The van der Waals surface area contributed by atoms with Gasteiger partial charge in [-0.15, -0.1) is 0 Å². The van der Waals surface area contributed by atoms with Gasteiger partial charge in [0.1, 0.15) is 0 Å². The van der Waals surface area contributed by atoms with Gasteiger partial charge in [-0.3, -0.25) is 0 Å². The van der Waals surface area contributed by atoms with E-state index in [1.54, 1.807) is 0 Å². The Morgan fingerprint density at radius 3 is 1.87 bits per heavy atom. The molecule has 7 rings (SSSR count). The molecule has 144 valence electrons. The van der Waals surface area contributed by atoms with E-state index in [1.807, 2.05) is 0 Å². The Bertz CT molecular complexity index is 1770. The third kappa shape index (κ3) is 2.26. The van der Waals surface area contributed by atoms with E-state index in [2.05, 4.69) is 114 Å². The number of aromatic amines is 1. The highest BCUT2D eigenvalue weighted by Gasteiger charge is 2.18. The van der Waals surface area contributed by atoms with E-state index in [0.29, 0.717) is 0 Å². The molecule has 1 nitrogen and oxygen atoms in total. The van der Waals surface area contributed by atoms with Crippen LogP contribution in [0.1, 0.15) is 0 Å². The minimum absolute atomic E-state index is 1.18. The molecule has 0 fully saturated rings. The Hall–Kier alpha value is -4.10. The van der Waals surface area contributed by atoms with Gasteiger partial charge in [0.2, 0.25) is 0 Å². The fourth-order valence-corrected chi connectivity index (χ4v) is 5.26. The average Bonchev–Trinajstić information content (AvgIpc) is 3.23. The summed E-state index contributed by atoms with van der Waals surface area (Å²) in [6, 6.07) is 39.4. The van der Waals surface area contributed by atoms with Crippen LogP contribution in [-0.2, 0) is 0 Å². The number of H-pyrrole nitrogens is 1. The molecule has 0 atom stereocenters. The van der Waals surface area contributed by atoms with Crippen LogP contribution in [0.2, 0.25) is 0 Å². The third-order valence-corrected chi connectivity index (χ3v) is 6.56. The molecule has 1 aromatic heterocycles. The van der Waals surface area contributed by atoms with Crippen molar-refractivity contribution < 1.29 is 0 Å². The molecule has 0 spiro atoms. The maximum absolute atomic E-state index is 3.78. The lowest BCUT2D eigenvalue weighted by Gasteiger charge is -2.15. The molecule has 0 saturated heterocycles. The second kappa shape index (κ2) is 6.20. The van der Waals surface area contributed by atoms with Crippen molar-refractivity contribution in [2.45, 2.75) is 0 Å². The first-order valence-corrected chi connectivity index (χ1v) is 10.7. The van der Waals surface area contributed by atoms with Crippen LogP contribution in [0.5, 0.6) is 0 Å². The number of nitrogens with one attached hydrogen (secondary N) is 1. The summed E-state index contributed by atoms with van der Waals surface area (Å²) in [6.45, 7) is 0. The summed E-state index contributed by atoms with van der Waals surface area (Å²) in [4.78, 5) is 3.78. The van der Waals surface area contributed by atoms with Crippen LogP contribution in [0.3, 0.4) is 0 Å². The Balaban J connectivity index is 1.88. The zero-order chi connectivity index (χ0) is 20.4. The number of aromatic nitrogens is 1. The van der Waals surface area contributed by atoms with Gasteiger partial charge < -0.3 is 4.98 Å². The number of hydrogen-bond donors (Lipinski definition) is 1. The molecule has 7 aromatic rings. The monoisotopic (exact) mass is 393 g/mol.